The van der Waals surface area contributed by atoms with Gasteiger partial charge in [0.25, 0.3) is 0 Å². The number of benzene rings is 2. The molecule has 2 rings (SSSR count). The van der Waals surface area contributed by atoms with E-state index in [-0.39, 0.29) is 6.42 Å². The van der Waals surface area contributed by atoms with Crippen LogP contribution in [0.3, 0.4) is 0 Å². The second kappa shape index (κ2) is 5.36. The lowest BCUT2D eigenvalue weighted by atomic mass is 10.0. The number of rotatable bonds is 3. The predicted octanol–water partition coefficient (Wildman–Crippen LogP) is 3.40. The summed E-state index contributed by atoms with van der Waals surface area (Å²) < 4.78 is 37.4. The number of hydrogen-bond acceptors (Lipinski definition) is 1. The first-order valence-electron chi connectivity index (χ1n) is 5.91. The number of amides is 1. The molecule has 0 fully saturated rings. The summed E-state index contributed by atoms with van der Waals surface area (Å²) in [5.74, 6) is -0.424. The Kier molecular flexibility index (Phi) is 3.79. The van der Waals surface area contributed by atoms with Crippen LogP contribution < -0.4 is 5.73 Å². The van der Waals surface area contributed by atoms with E-state index in [0.717, 1.165) is 23.3 Å². The van der Waals surface area contributed by atoms with Gasteiger partial charge in [0.15, 0.2) is 0 Å². The first-order valence-corrected chi connectivity index (χ1v) is 5.91. The van der Waals surface area contributed by atoms with Crippen molar-refractivity contribution >= 4 is 5.91 Å². The van der Waals surface area contributed by atoms with Gasteiger partial charge in [-0.3, -0.25) is 4.79 Å². The number of carbonyl (C=O) groups is 1. The van der Waals surface area contributed by atoms with Gasteiger partial charge < -0.3 is 5.73 Å². The minimum absolute atomic E-state index is 0.146. The van der Waals surface area contributed by atoms with Crippen LogP contribution in [-0.2, 0) is 17.4 Å². The highest BCUT2D eigenvalue weighted by Gasteiger charge is 2.29. The standard InChI is InChI=1S/C15H12F3NO/c16-15(17,18)13-7-5-12(6-8-13)11-3-1-10(2-4-11)9-14(19)20/h1-8H,9H2,(H2,19,20). The third-order valence-corrected chi connectivity index (χ3v) is 2.88. The molecule has 2 N–H and O–H groups in total. The van der Waals surface area contributed by atoms with E-state index in [1.165, 1.54) is 12.1 Å². The molecule has 0 radical (unpaired) electrons. The van der Waals surface area contributed by atoms with Crippen molar-refractivity contribution in [2.45, 2.75) is 12.6 Å². The summed E-state index contributed by atoms with van der Waals surface area (Å²) in [6, 6.07) is 11.9. The molecule has 0 saturated heterocycles. The van der Waals surface area contributed by atoms with Crippen molar-refractivity contribution in [1.82, 2.24) is 0 Å². The first-order chi connectivity index (χ1) is 9.36. The fourth-order valence-electron chi connectivity index (χ4n) is 1.87. The van der Waals surface area contributed by atoms with Crippen LogP contribution in [0.1, 0.15) is 11.1 Å². The minimum atomic E-state index is -4.33. The molecule has 0 aliphatic rings. The lowest BCUT2D eigenvalue weighted by molar-refractivity contribution is -0.137. The van der Waals surface area contributed by atoms with Crippen LogP contribution in [0.5, 0.6) is 0 Å². The van der Waals surface area contributed by atoms with E-state index in [4.69, 9.17) is 5.73 Å². The van der Waals surface area contributed by atoms with Gasteiger partial charge in [-0.05, 0) is 28.8 Å². The van der Waals surface area contributed by atoms with Gasteiger partial charge in [-0.25, -0.2) is 0 Å². The van der Waals surface area contributed by atoms with Crippen LogP contribution >= 0.6 is 0 Å². The molecule has 20 heavy (non-hydrogen) atoms. The van der Waals surface area contributed by atoms with Crippen LogP contribution in [0.25, 0.3) is 11.1 Å². The molecule has 104 valence electrons. The van der Waals surface area contributed by atoms with Crippen molar-refractivity contribution in [3.63, 3.8) is 0 Å². The van der Waals surface area contributed by atoms with Crippen LogP contribution in [-0.4, -0.2) is 5.91 Å². The van der Waals surface area contributed by atoms with E-state index in [1.807, 2.05) is 0 Å². The van der Waals surface area contributed by atoms with Gasteiger partial charge in [-0.1, -0.05) is 36.4 Å². The number of nitrogens with two attached hydrogens (primary N) is 1. The Bertz CT molecular complexity index is 601. The van der Waals surface area contributed by atoms with Crippen molar-refractivity contribution in [2.24, 2.45) is 5.73 Å². The van der Waals surface area contributed by atoms with Crippen molar-refractivity contribution in [3.05, 3.63) is 59.7 Å². The van der Waals surface area contributed by atoms with Crippen molar-refractivity contribution < 1.29 is 18.0 Å². The summed E-state index contributed by atoms with van der Waals surface area (Å²) in [7, 11) is 0. The molecule has 0 aromatic heterocycles. The number of hydrogen-bond donors (Lipinski definition) is 1. The molecule has 0 unspecified atom stereocenters. The number of halogens is 3. The van der Waals surface area contributed by atoms with Crippen molar-refractivity contribution in [2.75, 3.05) is 0 Å². The maximum Gasteiger partial charge on any atom is 0.416 e. The highest BCUT2D eigenvalue weighted by atomic mass is 19.4. The van der Waals surface area contributed by atoms with Gasteiger partial charge in [-0.15, -0.1) is 0 Å². The maximum atomic E-state index is 12.5. The summed E-state index contributed by atoms with van der Waals surface area (Å²) in [5, 5.41) is 0. The monoisotopic (exact) mass is 279 g/mol. The fourth-order valence-corrected chi connectivity index (χ4v) is 1.87. The highest BCUT2D eigenvalue weighted by molar-refractivity contribution is 5.77. The van der Waals surface area contributed by atoms with Crippen LogP contribution in [0.15, 0.2) is 48.5 Å². The Morgan fingerprint density at radius 2 is 1.35 bits per heavy atom. The van der Waals surface area contributed by atoms with Gasteiger partial charge in [0.2, 0.25) is 5.91 Å². The molecule has 5 heteroatoms. The molecular formula is C15H12F3NO. The van der Waals surface area contributed by atoms with Gasteiger partial charge in [-0.2, -0.15) is 13.2 Å². The van der Waals surface area contributed by atoms with Gasteiger partial charge >= 0.3 is 6.18 Å². The summed E-state index contributed by atoms with van der Waals surface area (Å²) in [6.07, 6.45) is -4.18. The second-order valence-corrected chi connectivity index (χ2v) is 4.42. The highest BCUT2D eigenvalue weighted by Crippen LogP contribution is 2.30. The SMILES string of the molecule is NC(=O)Cc1ccc(-c2ccc(C(F)(F)F)cc2)cc1. The Balaban J connectivity index is 2.21. The number of carbonyl (C=O) groups excluding carboxylic acids is 1. The zero-order valence-electron chi connectivity index (χ0n) is 10.4. The molecule has 2 aromatic carbocycles. The molecule has 2 nitrogen and oxygen atoms in total. The molecular weight excluding hydrogens is 267 g/mol. The Labute approximate surface area is 114 Å². The van der Waals surface area contributed by atoms with Crippen LogP contribution in [0.4, 0.5) is 13.2 Å². The summed E-state index contributed by atoms with van der Waals surface area (Å²) in [5.41, 5.74) is 6.65. The van der Waals surface area contributed by atoms with Crippen molar-refractivity contribution in [1.29, 1.82) is 0 Å². The lowest BCUT2D eigenvalue weighted by Gasteiger charge is -2.08. The van der Waals surface area contributed by atoms with Crippen molar-refractivity contribution in [3.8, 4) is 11.1 Å². The molecule has 0 aliphatic carbocycles. The van der Waals surface area contributed by atoms with E-state index < -0.39 is 17.6 Å². The molecule has 2 aromatic rings. The normalized spacial score (nSPS) is 11.3. The largest absolute Gasteiger partial charge is 0.416 e. The van der Waals surface area contributed by atoms with E-state index >= 15 is 0 Å². The summed E-state index contributed by atoms with van der Waals surface area (Å²) in [4.78, 5) is 10.8. The Hall–Kier alpha value is -2.30. The third-order valence-electron chi connectivity index (χ3n) is 2.88. The lowest BCUT2D eigenvalue weighted by Crippen LogP contribution is -2.13. The van der Waals surface area contributed by atoms with E-state index in [1.54, 1.807) is 24.3 Å². The van der Waals surface area contributed by atoms with E-state index in [2.05, 4.69) is 0 Å². The molecule has 0 atom stereocenters. The minimum Gasteiger partial charge on any atom is -0.369 e. The quantitative estimate of drug-likeness (QED) is 0.919. The molecule has 1 amide bonds. The Morgan fingerprint density at radius 1 is 0.900 bits per heavy atom. The van der Waals surface area contributed by atoms with Crippen LogP contribution in [0, 0.1) is 0 Å². The predicted molar refractivity (Wildman–Crippen MR) is 69.8 cm³/mol. The first kappa shape index (κ1) is 14.1. The zero-order valence-corrected chi connectivity index (χ0v) is 10.4. The second-order valence-electron chi connectivity index (χ2n) is 4.42. The zero-order chi connectivity index (χ0) is 14.8. The van der Waals surface area contributed by atoms with E-state index in [0.29, 0.717) is 5.56 Å². The summed E-state index contributed by atoms with van der Waals surface area (Å²) in [6.45, 7) is 0. The van der Waals surface area contributed by atoms with Gasteiger partial charge in [0.1, 0.15) is 0 Å². The molecule has 0 saturated carbocycles. The molecule has 0 aliphatic heterocycles. The molecule has 0 spiro atoms. The van der Waals surface area contributed by atoms with Gasteiger partial charge in [0, 0.05) is 0 Å². The topological polar surface area (TPSA) is 43.1 Å². The smallest absolute Gasteiger partial charge is 0.369 e. The van der Waals surface area contributed by atoms with Gasteiger partial charge in [0.05, 0.1) is 12.0 Å². The third kappa shape index (κ3) is 3.38. The summed E-state index contributed by atoms with van der Waals surface area (Å²) >= 11 is 0. The average molecular weight is 279 g/mol. The average Bonchev–Trinajstić information content (AvgIpc) is 2.38. The number of alkyl halides is 3. The van der Waals surface area contributed by atoms with Crippen LogP contribution in [0.2, 0.25) is 0 Å². The molecule has 0 heterocycles. The Morgan fingerprint density at radius 3 is 1.75 bits per heavy atom. The van der Waals surface area contributed by atoms with E-state index in [9.17, 15) is 18.0 Å². The maximum absolute atomic E-state index is 12.5. The number of primary amides is 1. The molecule has 0 bridgehead atoms. The fraction of sp³-hybridized carbons (Fsp3) is 0.133.